The van der Waals surface area contributed by atoms with Crippen molar-refractivity contribution in [2.24, 2.45) is 0 Å². The van der Waals surface area contributed by atoms with Crippen molar-refractivity contribution in [1.82, 2.24) is 20.2 Å². The molecule has 8 nitrogen and oxygen atoms in total. The first-order valence-corrected chi connectivity index (χ1v) is 9.19. The van der Waals surface area contributed by atoms with E-state index < -0.39 is 12.0 Å². The summed E-state index contributed by atoms with van der Waals surface area (Å²) in [7, 11) is 1.59. The number of para-hydroxylation sites is 1. The molecule has 0 fully saturated rings. The Kier molecular flexibility index (Phi) is 4.99. The Hall–Kier alpha value is -3.68. The fourth-order valence-corrected chi connectivity index (χ4v) is 3.57. The van der Waals surface area contributed by atoms with Gasteiger partial charge in [-0.05, 0) is 47.0 Å². The van der Waals surface area contributed by atoms with Crippen LogP contribution in [-0.4, -0.2) is 33.3 Å². The minimum Gasteiger partial charge on any atom is -0.496 e. The van der Waals surface area contributed by atoms with Crippen LogP contribution >= 0.6 is 0 Å². The van der Waals surface area contributed by atoms with Crippen LogP contribution in [0.25, 0.3) is 0 Å². The van der Waals surface area contributed by atoms with Crippen LogP contribution in [0.15, 0.2) is 54.2 Å². The average molecular weight is 391 g/mol. The number of aryl methyl sites for hydroxylation is 2. The van der Waals surface area contributed by atoms with Gasteiger partial charge in [0.15, 0.2) is 0 Å². The zero-order chi connectivity index (χ0) is 20.4. The number of ether oxygens (including phenoxy) is 2. The van der Waals surface area contributed by atoms with E-state index in [9.17, 15) is 4.79 Å². The van der Waals surface area contributed by atoms with Crippen LogP contribution in [0, 0.1) is 13.8 Å². The lowest BCUT2D eigenvalue weighted by Gasteiger charge is -2.27. The number of carbonyl (C=O) groups excluding carboxylic acids is 1. The molecule has 1 atom stereocenters. The van der Waals surface area contributed by atoms with Crippen LogP contribution in [0.3, 0.4) is 0 Å². The fraction of sp³-hybridized carbons (Fsp3) is 0.238. The number of nitrogens with zero attached hydrogens (tertiary/aromatic N) is 4. The first kappa shape index (κ1) is 18.7. The van der Waals surface area contributed by atoms with Gasteiger partial charge in [0.05, 0.1) is 12.7 Å². The zero-order valence-electron chi connectivity index (χ0n) is 16.4. The van der Waals surface area contributed by atoms with Gasteiger partial charge in [-0.2, -0.15) is 4.68 Å². The fourth-order valence-electron chi connectivity index (χ4n) is 3.57. The van der Waals surface area contributed by atoms with Crippen molar-refractivity contribution in [2.45, 2.75) is 26.5 Å². The standard InChI is InChI=1S/C21H21N5O3/c1-13-7-6-8-14(2)18(13)19-16(11-22-21-23-24-25-26(19)21)20(27)29-12-15-9-4-5-10-17(15)28-3/h4-11,19H,12H2,1-3H3,(H,22,23,25). The topological polar surface area (TPSA) is 91.2 Å². The summed E-state index contributed by atoms with van der Waals surface area (Å²) in [6.07, 6.45) is 1.62. The summed E-state index contributed by atoms with van der Waals surface area (Å²) in [4.78, 5) is 13.1. The third-order valence-electron chi connectivity index (χ3n) is 4.99. The molecule has 0 bridgehead atoms. The summed E-state index contributed by atoms with van der Waals surface area (Å²) >= 11 is 0. The maximum absolute atomic E-state index is 13.1. The lowest BCUT2D eigenvalue weighted by atomic mass is 9.91. The molecule has 1 N–H and O–H groups in total. The van der Waals surface area contributed by atoms with Crippen molar-refractivity contribution < 1.29 is 14.3 Å². The summed E-state index contributed by atoms with van der Waals surface area (Å²) in [5.74, 6) is 0.696. The minimum absolute atomic E-state index is 0.0993. The van der Waals surface area contributed by atoms with E-state index in [4.69, 9.17) is 9.47 Å². The van der Waals surface area contributed by atoms with E-state index in [1.807, 2.05) is 56.3 Å². The highest BCUT2D eigenvalue weighted by Gasteiger charge is 2.34. The van der Waals surface area contributed by atoms with Crippen molar-refractivity contribution in [3.8, 4) is 5.75 Å². The van der Waals surface area contributed by atoms with Crippen LogP contribution in [0.1, 0.15) is 28.3 Å². The number of benzene rings is 2. The molecule has 1 aliphatic heterocycles. The average Bonchev–Trinajstić information content (AvgIpc) is 3.21. The molecular weight excluding hydrogens is 370 g/mol. The Morgan fingerprint density at radius 2 is 1.90 bits per heavy atom. The molecule has 148 valence electrons. The monoisotopic (exact) mass is 391 g/mol. The molecule has 0 amide bonds. The highest BCUT2D eigenvalue weighted by molar-refractivity contribution is 5.91. The molecule has 2 aromatic carbocycles. The van der Waals surface area contributed by atoms with Gasteiger partial charge in [0, 0.05) is 11.8 Å². The summed E-state index contributed by atoms with van der Waals surface area (Å²) in [6.45, 7) is 4.11. The van der Waals surface area contributed by atoms with Gasteiger partial charge in [0.25, 0.3) is 0 Å². The van der Waals surface area contributed by atoms with Gasteiger partial charge in [-0.25, -0.2) is 4.79 Å². The van der Waals surface area contributed by atoms with E-state index in [0.29, 0.717) is 17.3 Å². The predicted molar refractivity (Wildman–Crippen MR) is 106 cm³/mol. The third kappa shape index (κ3) is 3.44. The van der Waals surface area contributed by atoms with E-state index >= 15 is 0 Å². The third-order valence-corrected chi connectivity index (χ3v) is 4.99. The summed E-state index contributed by atoms with van der Waals surface area (Å²) < 4.78 is 12.6. The molecule has 1 aliphatic rings. The van der Waals surface area contributed by atoms with Crippen molar-refractivity contribution in [3.63, 3.8) is 0 Å². The van der Waals surface area contributed by atoms with E-state index in [-0.39, 0.29) is 6.61 Å². The van der Waals surface area contributed by atoms with Gasteiger partial charge < -0.3 is 14.8 Å². The molecule has 4 rings (SSSR count). The summed E-state index contributed by atoms with van der Waals surface area (Å²) in [6, 6.07) is 13.0. The van der Waals surface area contributed by atoms with Crippen LogP contribution < -0.4 is 10.1 Å². The smallest absolute Gasteiger partial charge is 0.338 e. The van der Waals surface area contributed by atoms with E-state index in [1.165, 1.54) is 0 Å². The first-order valence-electron chi connectivity index (χ1n) is 9.19. The van der Waals surface area contributed by atoms with Crippen molar-refractivity contribution in [3.05, 3.63) is 76.5 Å². The Morgan fingerprint density at radius 3 is 2.66 bits per heavy atom. The lowest BCUT2D eigenvalue weighted by molar-refractivity contribution is -0.140. The van der Waals surface area contributed by atoms with E-state index in [0.717, 1.165) is 22.3 Å². The number of hydrogen-bond donors (Lipinski definition) is 1. The lowest BCUT2D eigenvalue weighted by Crippen LogP contribution is -2.28. The van der Waals surface area contributed by atoms with Gasteiger partial charge in [-0.3, -0.25) is 0 Å². The number of anilines is 1. The largest absolute Gasteiger partial charge is 0.496 e. The molecule has 0 radical (unpaired) electrons. The second-order valence-corrected chi connectivity index (χ2v) is 6.79. The van der Waals surface area contributed by atoms with Gasteiger partial charge in [-0.1, -0.05) is 41.5 Å². The second kappa shape index (κ2) is 7.75. The number of rotatable bonds is 5. The van der Waals surface area contributed by atoms with E-state index in [2.05, 4.69) is 20.8 Å². The number of methoxy groups -OCH3 is 1. The van der Waals surface area contributed by atoms with Crippen LogP contribution in [0.5, 0.6) is 5.75 Å². The normalized spacial score (nSPS) is 15.1. The van der Waals surface area contributed by atoms with Gasteiger partial charge in [0.1, 0.15) is 18.4 Å². The van der Waals surface area contributed by atoms with E-state index in [1.54, 1.807) is 18.0 Å². The molecule has 0 aliphatic carbocycles. The van der Waals surface area contributed by atoms with Gasteiger partial charge in [-0.15, -0.1) is 0 Å². The SMILES string of the molecule is COc1ccccc1COC(=O)C1=CNc2nnnn2C1c1c(C)cccc1C. The van der Waals surface area contributed by atoms with Crippen molar-refractivity contribution >= 4 is 11.9 Å². The molecule has 29 heavy (non-hydrogen) atoms. The van der Waals surface area contributed by atoms with Crippen LogP contribution in [0.2, 0.25) is 0 Å². The molecule has 0 saturated heterocycles. The number of fused-ring (bicyclic) bond motifs is 1. The number of nitrogens with one attached hydrogen (secondary N) is 1. The molecule has 1 aromatic heterocycles. The molecule has 0 spiro atoms. The van der Waals surface area contributed by atoms with Crippen LogP contribution in [0.4, 0.5) is 5.95 Å². The molecule has 2 heterocycles. The first-order chi connectivity index (χ1) is 14.1. The number of esters is 1. The highest BCUT2D eigenvalue weighted by Crippen LogP contribution is 2.35. The number of hydrogen-bond acceptors (Lipinski definition) is 7. The highest BCUT2D eigenvalue weighted by atomic mass is 16.5. The predicted octanol–water partition coefficient (Wildman–Crippen LogP) is 2.94. The Labute approximate surface area is 168 Å². The zero-order valence-corrected chi connectivity index (χ0v) is 16.4. The maximum Gasteiger partial charge on any atom is 0.338 e. The summed E-state index contributed by atoms with van der Waals surface area (Å²) in [5.41, 5.74) is 4.28. The molecule has 1 unspecified atom stereocenters. The Bertz CT molecular complexity index is 1070. The number of aromatic nitrogens is 4. The summed E-state index contributed by atoms with van der Waals surface area (Å²) in [5, 5.41) is 14.8. The quantitative estimate of drug-likeness (QED) is 0.669. The van der Waals surface area contributed by atoms with Gasteiger partial charge >= 0.3 is 5.97 Å². The Balaban J connectivity index is 1.66. The van der Waals surface area contributed by atoms with Crippen molar-refractivity contribution in [1.29, 1.82) is 0 Å². The molecular formula is C21H21N5O3. The second-order valence-electron chi connectivity index (χ2n) is 6.79. The van der Waals surface area contributed by atoms with Crippen molar-refractivity contribution in [2.75, 3.05) is 12.4 Å². The Morgan fingerprint density at radius 1 is 1.14 bits per heavy atom. The number of carbonyl (C=O) groups is 1. The molecule has 3 aromatic rings. The molecule has 0 saturated carbocycles. The van der Waals surface area contributed by atoms with Gasteiger partial charge in [0.2, 0.25) is 5.95 Å². The minimum atomic E-state index is -0.479. The maximum atomic E-state index is 13.1. The number of tetrazole rings is 1. The molecule has 8 heteroatoms. The van der Waals surface area contributed by atoms with Crippen LogP contribution in [-0.2, 0) is 16.1 Å².